The van der Waals surface area contributed by atoms with Crippen molar-refractivity contribution in [3.05, 3.63) is 29.3 Å². The number of ether oxygens (including phenoxy) is 3. The van der Waals surface area contributed by atoms with Gasteiger partial charge in [-0.2, -0.15) is 4.39 Å². The molecule has 0 N–H and O–H groups in total. The molecule has 0 saturated heterocycles. The van der Waals surface area contributed by atoms with E-state index in [1.165, 1.54) is 31.7 Å². The summed E-state index contributed by atoms with van der Waals surface area (Å²) in [5.74, 6) is -0.981. The molecule has 5 nitrogen and oxygen atoms in total. The van der Waals surface area contributed by atoms with Gasteiger partial charge in [0.05, 0.1) is 13.2 Å². The number of carbonyl (C=O) groups is 1. The first-order valence-electron chi connectivity index (χ1n) is 12.8. The smallest absolute Gasteiger partial charge is 0.490 e. The molecule has 1 aromatic carbocycles. The van der Waals surface area contributed by atoms with Crippen molar-refractivity contribution >= 4 is 14.5 Å². The zero-order chi connectivity index (χ0) is 25.0. The molecule has 0 bridgehead atoms. The molecule has 1 aliphatic rings. The van der Waals surface area contributed by atoms with Crippen LogP contribution < -0.4 is 4.74 Å². The second kappa shape index (κ2) is 14.7. The molecule has 0 aromatic heterocycles. The average Bonchev–Trinajstić information content (AvgIpc) is 2.78. The third kappa shape index (κ3) is 10.3. The quantitative estimate of drug-likeness (QED) is 0.150. The van der Waals surface area contributed by atoms with Gasteiger partial charge < -0.3 is 18.6 Å². The number of carbonyl (C=O) groups excluding carboxylic acids is 1. The lowest BCUT2D eigenvalue weighted by atomic mass is 9.77. The molecule has 0 unspecified atom stereocenters. The third-order valence-corrected chi connectivity index (χ3v) is 6.89. The number of hydrogen-bond donors (Lipinski definition) is 0. The summed E-state index contributed by atoms with van der Waals surface area (Å²) < 4.78 is 50.3. The topological polar surface area (TPSA) is 54.0 Å². The number of halogens is 2. The van der Waals surface area contributed by atoms with Crippen LogP contribution in [0.4, 0.5) is 13.6 Å². The molecule has 2 rings (SSSR count). The van der Waals surface area contributed by atoms with E-state index in [9.17, 15) is 13.6 Å². The van der Waals surface area contributed by atoms with E-state index in [-0.39, 0.29) is 31.5 Å². The predicted molar refractivity (Wildman–Crippen MR) is 132 cm³/mol. The fourth-order valence-electron chi connectivity index (χ4n) is 4.33. The Bertz CT molecular complexity index is 745. The highest BCUT2D eigenvalue weighted by atomic mass is 28.4. The summed E-state index contributed by atoms with van der Waals surface area (Å²) in [7, 11) is -1.95. The van der Waals surface area contributed by atoms with Crippen LogP contribution in [0.2, 0.25) is 19.6 Å². The minimum absolute atomic E-state index is 0.0829. The van der Waals surface area contributed by atoms with Crippen molar-refractivity contribution in [2.24, 2.45) is 5.92 Å². The second-order valence-corrected chi connectivity index (χ2v) is 14.6. The predicted octanol–water partition coefficient (Wildman–Crippen LogP) is 7.59. The lowest BCUT2D eigenvalue weighted by Gasteiger charge is -2.29. The Morgan fingerprint density at radius 1 is 0.941 bits per heavy atom. The first kappa shape index (κ1) is 28.6. The van der Waals surface area contributed by atoms with Gasteiger partial charge in [0, 0.05) is 13.0 Å². The van der Waals surface area contributed by atoms with Crippen LogP contribution in [0.1, 0.15) is 76.2 Å². The molecule has 0 spiro atoms. The minimum atomic E-state index is -1.95. The first-order valence-corrected chi connectivity index (χ1v) is 16.2. The molecule has 194 valence electrons. The van der Waals surface area contributed by atoms with E-state index < -0.39 is 26.1 Å². The molecule has 1 saturated carbocycles. The summed E-state index contributed by atoms with van der Waals surface area (Å²) in [6.07, 6.45) is 8.91. The van der Waals surface area contributed by atoms with Gasteiger partial charge in [-0.1, -0.05) is 38.7 Å². The molecular formula is C26H42F2O5Si. The van der Waals surface area contributed by atoms with Crippen LogP contribution in [0.3, 0.4) is 0 Å². The normalized spacial score (nSPS) is 18.5. The fourth-order valence-corrected chi connectivity index (χ4v) is 4.89. The van der Waals surface area contributed by atoms with Gasteiger partial charge >= 0.3 is 6.16 Å². The highest BCUT2D eigenvalue weighted by Crippen LogP contribution is 2.40. The summed E-state index contributed by atoms with van der Waals surface area (Å²) in [5.41, 5.74) is 0.473. The van der Waals surface area contributed by atoms with Gasteiger partial charge in [0.25, 0.3) is 8.32 Å². The lowest BCUT2D eigenvalue weighted by Crippen LogP contribution is -2.29. The highest BCUT2D eigenvalue weighted by molar-refractivity contribution is 6.71. The van der Waals surface area contributed by atoms with Crippen LogP contribution in [-0.2, 0) is 13.9 Å². The van der Waals surface area contributed by atoms with E-state index in [0.717, 1.165) is 31.6 Å². The van der Waals surface area contributed by atoms with E-state index in [2.05, 4.69) is 6.92 Å². The number of hydrogen-bond acceptors (Lipinski definition) is 5. The number of benzene rings is 1. The van der Waals surface area contributed by atoms with Crippen molar-refractivity contribution in [1.29, 1.82) is 0 Å². The Labute approximate surface area is 204 Å². The van der Waals surface area contributed by atoms with Crippen LogP contribution in [0.25, 0.3) is 0 Å². The van der Waals surface area contributed by atoms with E-state index in [4.69, 9.17) is 18.6 Å². The van der Waals surface area contributed by atoms with Crippen molar-refractivity contribution in [1.82, 2.24) is 0 Å². The molecule has 1 aromatic rings. The maximum absolute atomic E-state index is 14.7. The maximum Gasteiger partial charge on any atom is 0.494 e. The van der Waals surface area contributed by atoms with Crippen LogP contribution >= 0.6 is 0 Å². The Balaban J connectivity index is 1.65. The van der Waals surface area contributed by atoms with E-state index in [1.54, 1.807) is 6.07 Å². The zero-order valence-corrected chi connectivity index (χ0v) is 22.3. The van der Waals surface area contributed by atoms with Crippen LogP contribution in [-0.4, -0.2) is 40.9 Å². The molecule has 0 radical (unpaired) electrons. The van der Waals surface area contributed by atoms with E-state index in [0.29, 0.717) is 18.6 Å². The molecule has 0 atom stereocenters. The van der Waals surface area contributed by atoms with Gasteiger partial charge in [-0.3, -0.25) is 0 Å². The summed E-state index contributed by atoms with van der Waals surface area (Å²) in [6.45, 7) is 8.82. The van der Waals surface area contributed by atoms with Crippen molar-refractivity contribution < 1.29 is 32.2 Å². The second-order valence-electron chi connectivity index (χ2n) is 10.1. The molecule has 1 aliphatic carbocycles. The zero-order valence-electron chi connectivity index (χ0n) is 21.3. The average molecular weight is 501 g/mol. The van der Waals surface area contributed by atoms with Crippen molar-refractivity contribution in [3.63, 3.8) is 0 Å². The molecule has 8 heteroatoms. The highest BCUT2D eigenvalue weighted by Gasteiger charge is 2.26. The van der Waals surface area contributed by atoms with E-state index in [1.807, 2.05) is 19.6 Å². The molecule has 34 heavy (non-hydrogen) atoms. The van der Waals surface area contributed by atoms with Gasteiger partial charge in [-0.25, -0.2) is 9.18 Å². The maximum atomic E-state index is 14.7. The summed E-state index contributed by atoms with van der Waals surface area (Å²) >= 11 is 0. The summed E-state index contributed by atoms with van der Waals surface area (Å²) in [6, 6.07) is 3.20. The number of unbranched alkanes of at least 4 members (excludes halogenated alkanes) is 2. The molecule has 0 amide bonds. The van der Waals surface area contributed by atoms with Gasteiger partial charge in [0.2, 0.25) is 5.82 Å². The van der Waals surface area contributed by atoms with Crippen LogP contribution in [0.5, 0.6) is 5.75 Å². The first-order chi connectivity index (χ1) is 16.2. The van der Waals surface area contributed by atoms with E-state index >= 15 is 0 Å². The molecule has 0 aliphatic heterocycles. The molecular weight excluding hydrogens is 458 g/mol. The van der Waals surface area contributed by atoms with Gasteiger partial charge in [-0.05, 0) is 68.8 Å². The minimum Gasteiger partial charge on any atom is -0.490 e. The largest absolute Gasteiger partial charge is 0.494 e. The van der Waals surface area contributed by atoms with Crippen molar-refractivity contribution in [3.8, 4) is 5.75 Å². The Morgan fingerprint density at radius 3 is 2.35 bits per heavy atom. The summed E-state index contributed by atoms with van der Waals surface area (Å²) in [4.78, 5) is 11.5. The fraction of sp³-hybridized carbons (Fsp3) is 0.731. The number of rotatable bonds is 14. The van der Waals surface area contributed by atoms with Gasteiger partial charge in [-0.15, -0.1) is 0 Å². The molecule has 1 fully saturated rings. The molecule has 0 heterocycles. The third-order valence-electron chi connectivity index (χ3n) is 6.11. The standard InChI is InChI=1S/C26H42F2O5Si/c1-5-6-7-9-20-10-12-21(13-11-20)22-14-15-23(25(28)24(22)27)31-19-18-30-16-8-17-32-26(29)33-34(2,3)4/h14-15,20-21H,5-13,16-19H2,1-4H3. The Morgan fingerprint density at radius 2 is 1.68 bits per heavy atom. The summed E-state index contributed by atoms with van der Waals surface area (Å²) in [5, 5.41) is 0. The Kier molecular flexibility index (Phi) is 12.3. The van der Waals surface area contributed by atoms with Crippen molar-refractivity contribution in [2.45, 2.75) is 90.3 Å². The van der Waals surface area contributed by atoms with Crippen molar-refractivity contribution in [2.75, 3.05) is 26.4 Å². The Hall–Kier alpha value is -1.67. The lowest BCUT2D eigenvalue weighted by molar-refractivity contribution is 0.0661. The van der Waals surface area contributed by atoms with Gasteiger partial charge in [0.15, 0.2) is 11.6 Å². The van der Waals surface area contributed by atoms with Crippen LogP contribution in [0.15, 0.2) is 12.1 Å². The van der Waals surface area contributed by atoms with Crippen LogP contribution in [0, 0.1) is 17.6 Å². The SMILES string of the molecule is CCCCCC1CCC(c2ccc(OCCOCCCOC(=O)O[Si](C)(C)C)c(F)c2F)CC1. The monoisotopic (exact) mass is 500 g/mol. The van der Waals surface area contributed by atoms with Gasteiger partial charge in [0.1, 0.15) is 6.61 Å².